The lowest BCUT2D eigenvalue weighted by Gasteiger charge is -2.33. The molecule has 0 aliphatic heterocycles. The number of carbonyl (C=O) groups is 2. The van der Waals surface area contributed by atoms with Crippen LogP contribution in [0.5, 0.6) is 0 Å². The van der Waals surface area contributed by atoms with Gasteiger partial charge in [0.1, 0.15) is 6.04 Å². The summed E-state index contributed by atoms with van der Waals surface area (Å²) in [7, 11) is 0. The fourth-order valence-electron chi connectivity index (χ4n) is 4.06. The minimum absolute atomic E-state index is 0.0112. The van der Waals surface area contributed by atoms with Crippen molar-refractivity contribution < 1.29 is 9.59 Å². The molecule has 0 fully saturated rings. The number of hydrogen-bond acceptors (Lipinski definition) is 2. The molecule has 3 aromatic rings. The molecule has 0 bridgehead atoms. The van der Waals surface area contributed by atoms with Crippen LogP contribution in [0.15, 0.2) is 72.8 Å². The third-order valence-electron chi connectivity index (χ3n) is 6.42. The monoisotopic (exact) mass is 490 g/mol. The van der Waals surface area contributed by atoms with E-state index in [0.29, 0.717) is 11.4 Å². The predicted octanol–water partition coefficient (Wildman–Crippen LogP) is 6.05. The van der Waals surface area contributed by atoms with Crippen LogP contribution in [0.2, 0.25) is 5.02 Å². The number of nitrogens with zero attached hydrogens (tertiary/aromatic N) is 1. The number of carbonyl (C=O) groups excluding carboxylic acids is 2. The van der Waals surface area contributed by atoms with Crippen LogP contribution >= 0.6 is 11.6 Å². The van der Waals surface area contributed by atoms with Crippen molar-refractivity contribution in [3.05, 3.63) is 106 Å². The molecule has 0 spiro atoms. The summed E-state index contributed by atoms with van der Waals surface area (Å²) >= 11 is 6.49. The minimum atomic E-state index is -0.666. The first-order chi connectivity index (χ1) is 16.8. The van der Waals surface area contributed by atoms with Gasteiger partial charge in [0.25, 0.3) is 0 Å². The molecule has 0 unspecified atom stereocenters. The Morgan fingerprint density at radius 3 is 2.31 bits per heavy atom. The van der Waals surface area contributed by atoms with Crippen LogP contribution in [0.1, 0.15) is 48.1 Å². The Morgan fingerprint density at radius 2 is 1.63 bits per heavy atom. The van der Waals surface area contributed by atoms with Crippen molar-refractivity contribution >= 4 is 23.4 Å². The Kier molecular flexibility index (Phi) is 9.50. The van der Waals surface area contributed by atoms with Gasteiger partial charge in [0, 0.05) is 24.0 Å². The van der Waals surface area contributed by atoms with E-state index in [0.717, 1.165) is 34.2 Å². The van der Waals surface area contributed by atoms with Crippen LogP contribution in [0.25, 0.3) is 0 Å². The van der Waals surface area contributed by atoms with Crippen molar-refractivity contribution in [1.29, 1.82) is 0 Å². The maximum atomic E-state index is 13.9. The maximum absolute atomic E-state index is 13.9. The van der Waals surface area contributed by atoms with Crippen LogP contribution in [-0.4, -0.2) is 28.8 Å². The van der Waals surface area contributed by atoms with Gasteiger partial charge in [-0.2, -0.15) is 0 Å². The van der Waals surface area contributed by atoms with Crippen molar-refractivity contribution in [2.45, 2.75) is 65.6 Å². The number of hydrogen-bond donors (Lipinski definition) is 1. The van der Waals surface area contributed by atoms with Gasteiger partial charge in [0.2, 0.25) is 11.8 Å². The molecular weight excluding hydrogens is 456 g/mol. The SMILES string of the molecule is CC[C@@H](C)NC(=O)[C@@H](Cc1ccccc1)N(Cc1ccccc1Cl)C(=O)Cc1cc(C)ccc1C. The topological polar surface area (TPSA) is 49.4 Å². The molecule has 1 N–H and O–H groups in total. The standard InChI is InChI=1S/C30H35ClN2O2/c1-5-23(4)32-30(35)28(18-24-11-7-6-8-12-24)33(20-25-13-9-10-14-27(25)31)29(34)19-26-17-21(2)15-16-22(26)3/h6-17,23,28H,5,18-20H2,1-4H3,(H,32,35)/t23-,28-/m1/s1. The Labute approximate surface area is 214 Å². The largest absolute Gasteiger partial charge is 0.352 e. The van der Waals surface area contributed by atoms with Crippen LogP contribution < -0.4 is 5.32 Å². The summed E-state index contributed by atoms with van der Waals surface area (Å²) in [5, 5.41) is 3.69. The average Bonchev–Trinajstić information content (AvgIpc) is 2.85. The first-order valence-corrected chi connectivity index (χ1v) is 12.6. The molecule has 3 aromatic carbocycles. The number of nitrogens with one attached hydrogen (secondary N) is 1. The zero-order valence-corrected chi connectivity index (χ0v) is 21.8. The van der Waals surface area contributed by atoms with E-state index in [2.05, 4.69) is 5.32 Å². The molecular formula is C30H35ClN2O2. The molecule has 0 saturated carbocycles. The van der Waals surface area contributed by atoms with Crippen molar-refractivity contribution in [2.24, 2.45) is 0 Å². The van der Waals surface area contributed by atoms with E-state index in [-0.39, 0.29) is 30.8 Å². The number of rotatable bonds is 10. The lowest BCUT2D eigenvalue weighted by molar-refractivity contribution is -0.141. The first kappa shape index (κ1) is 26.5. The summed E-state index contributed by atoms with van der Waals surface area (Å²) in [6, 6.07) is 22.8. The minimum Gasteiger partial charge on any atom is -0.352 e. The molecule has 4 nitrogen and oxygen atoms in total. The third-order valence-corrected chi connectivity index (χ3v) is 6.79. The van der Waals surface area contributed by atoms with Crippen molar-refractivity contribution in [1.82, 2.24) is 10.2 Å². The molecule has 0 heterocycles. The maximum Gasteiger partial charge on any atom is 0.243 e. The molecule has 184 valence electrons. The van der Waals surface area contributed by atoms with Crippen molar-refractivity contribution in [3.8, 4) is 0 Å². The lowest BCUT2D eigenvalue weighted by atomic mass is 9.99. The van der Waals surface area contributed by atoms with E-state index in [1.54, 1.807) is 4.90 Å². The van der Waals surface area contributed by atoms with Crippen LogP contribution in [-0.2, 0) is 29.0 Å². The molecule has 0 aliphatic carbocycles. The Hall–Kier alpha value is -3.11. The van der Waals surface area contributed by atoms with Gasteiger partial charge in [0.05, 0.1) is 6.42 Å². The van der Waals surface area contributed by atoms with Crippen LogP contribution in [0.3, 0.4) is 0 Å². The van der Waals surface area contributed by atoms with Gasteiger partial charge < -0.3 is 10.2 Å². The molecule has 35 heavy (non-hydrogen) atoms. The van der Waals surface area contributed by atoms with E-state index < -0.39 is 6.04 Å². The summed E-state index contributed by atoms with van der Waals surface area (Å²) in [5.74, 6) is -0.247. The fourth-order valence-corrected chi connectivity index (χ4v) is 4.26. The number of aryl methyl sites for hydroxylation is 2. The Morgan fingerprint density at radius 1 is 0.943 bits per heavy atom. The van der Waals surface area contributed by atoms with E-state index in [4.69, 9.17) is 11.6 Å². The zero-order chi connectivity index (χ0) is 25.4. The van der Waals surface area contributed by atoms with Crippen LogP contribution in [0.4, 0.5) is 0 Å². The summed E-state index contributed by atoms with van der Waals surface area (Å²) in [5.41, 5.74) is 4.95. The summed E-state index contributed by atoms with van der Waals surface area (Å²) in [6.45, 7) is 8.30. The van der Waals surface area contributed by atoms with Crippen molar-refractivity contribution in [2.75, 3.05) is 0 Å². The first-order valence-electron chi connectivity index (χ1n) is 12.2. The average molecular weight is 491 g/mol. The highest BCUT2D eigenvalue weighted by Crippen LogP contribution is 2.22. The van der Waals surface area contributed by atoms with Crippen LogP contribution in [0, 0.1) is 13.8 Å². The predicted molar refractivity (Wildman–Crippen MR) is 143 cm³/mol. The third kappa shape index (κ3) is 7.43. The van der Waals surface area contributed by atoms with Gasteiger partial charge in [-0.3, -0.25) is 9.59 Å². The van der Waals surface area contributed by atoms with Crippen molar-refractivity contribution in [3.63, 3.8) is 0 Å². The smallest absolute Gasteiger partial charge is 0.243 e. The molecule has 2 amide bonds. The second kappa shape index (κ2) is 12.6. The van der Waals surface area contributed by atoms with E-state index in [1.165, 1.54) is 0 Å². The summed E-state index contributed by atoms with van der Waals surface area (Å²) < 4.78 is 0. The number of amides is 2. The van der Waals surface area contributed by atoms with E-state index in [9.17, 15) is 9.59 Å². The van der Waals surface area contributed by atoms with Gasteiger partial charge >= 0.3 is 0 Å². The normalized spacial score (nSPS) is 12.6. The van der Waals surface area contributed by atoms with Gasteiger partial charge in [-0.15, -0.1) is 0 Å². The molecule has 3 rings (SSSR count). The van der Waals surface area contributed by atoms with Gasteiger partial charge in [-0.05, 0) is 55.5 Å². The van der Waals surface area contributed by atoms with E-state index >= 15 is 0 Å². The Balaban J connectivity index is 2.01. The van der Waals surface area contributed by atoms with Gasteiger partial charge in [0.15, 0.2) is 0 Å². The quantitative estimate of drug-likeness (QED) is 0.376. The number of halogens is 1. The lowest BCUT2D eigenvalue weighted by Crippen LogP contribution is -2.52. The molecule has 0 aromatic heterocycles. The molecule has 0 aliphatic rings. The highest BCUT2D eigenvalue weighted by molar-refractivity contribution is 6.31. The molecule has 2 atom stereocenters. The zero-order valence-electron chi connectivity index (χ0n) is 21.1. The second-order valence-corrected chi connectivity index (χ2v) is 9.65. The number of benzene rings is 3. The molecule has 0 saturated heterocycles. The Bertz CT molecular complexity index is 1150. The second-order valence-electron chi connectivity index (χ2n) is 9.24. The van der Waals surface area contributed by atoms with Gasteiger partial charge in [-0.1, -0.05) is 90.8 Å². The fraction of sp³-hybridized carbons (Fsp3) is 0.333. The highest BCUT2D eigenvalue weighted by atomic mass is 35.5. The van der Waals surface area contributed by atoms with E-state index in [1.807, 2.05) is 100 Å². The highest BCUT2D eigenvalue weighted by Gasteiger charge is 2.31. The van der Waals surface area contributed by atoms with Gasteiger partial charge in [-0.25, -0.2) is 0 Å². The molecule has 5 heteroatoms. The summed E-state index contributed by atoms with van der Waals surface area (Å²) in [6.07, 6.45) is 1.46. The summed E-state index contributed by atoms with van der Waals surface area (Å²) in [4.78, 5) is 29.2. The molecule has 0 radical (unpaired) electrons.